The average Bonchev–Trinajstić information content (AvgIpc) is 2.80. The molecule has 2 rings (SSSR count). The summed E-state index contributed by atoms with van der Waals surface area (Å²) in [5.74, 6) is 1.25. The number of imidazole rings is 1. The van der Waals surface area contributed by atoms with Gasteiger partial charge in [-0.2, -0.15) is 0 Å². The van der Waals surface area contributed by atoms with E-state index >= 15 is 0 Å². The number of alkyl halides is 1. The standard InChI is InChI=1S/C16H22Cl2N2O/c1-5-21-9-14(10(2)3)20-13-8-6-7-12(18)15(13)19-16(20)11(4)17/h6-8,10-11,14H,5,9H2,1-4H3. The molecule has 0 radical (unpaired) electrons. The van der Waals surface area contributed by atoms with Crippen LogP contribution in [-0.2, 0) is 4.74 Å². The molecule has 5 heteroatoms. The molecule has 116 valence electrons. The average molecular weight is 329 g/mol. The highest BCUT2D eigenvalue weighted by Crippen LogP contribution is 2.33. The zero-order chi connectivity index (χ0) is 15.6. The van der Waals surface area contributed by atoms with E-state index in [1.165, 1.54) is 0 Å². The van der Waals surface area contributed by atoms with Crippen LogP contribution in [0.2, 0.25) is 5.02 Å². The fourth-order valence-electron chi connectivity index (χ4n) is 2.53. The first-order chi connectivity index (χ1) is 9.97. The minimum atomic E-state index is -0.184. The van der Waals surface area contributed by atoms with E-state index in [0.29, 0.717) is 24.2 Å². The van der Waals surface area contributed by atoms with Crippen LogP contribution in [0.5, 0.6) is 0 Å². The number of nitrogens with zero attached hydrogens (tertiary/aromatic N) is 2. The summed E-state index contributed by atoms with van der Waals surface area (Å²) >= 11 is 12.6. The van der Waals surface area contributed by atoms with E-state index in [1.807, 2.05) is 32.0 Å². The maximum absolute atomic E-state index is 6.35. The van der Waals surface area contributed by atoms with Gasteiger partial charge in [0.05, 0.1) is 28.6 Å². The molecule has 1 aromatic carbocycles. The highest BCUT2D eigenvalue weighted by atomic mass is 35.5. The third-order valence-corrected chi connectivity index (χ3v) is 4.15. The Labute approximate surface area is 136 Å². The van der Waals surface area contributed by atoms with E-state index < -0.39 is 0 Å². The van der Waals surface area contributed by atoms with Crippen molar-refractivity contribution in [2.45, 2.75) is 39.1 Å². The first kappa shape index (κ1) is 16.6. The molecule has 3 nitrogen and oxygen atoms in total. The molecule has 0 bridgehead atoms. The lowest BCUT2D eigenvalue weighted by Crippen LogP contribution is -2.23. The van der Waals surface area contributed by atoms with Gasteiger partial charge < -0.3 is 9.30 Å². The first-order valence-electron chi connectivity index (χ1n) is 7.35. The molecule has 0 saturated heterocycles. The normalized spacial score (nSPS) is 14.8. The van der Waals surface area contributed by atoms with E-state index in [2.05, 4.69) is 23.4 Å². The SMILES string of the molecule is CCOCC(C(C)C)n1c(C(C)Cl)nc2c(Cl)cccc21. The second-order valence-electron chi connectivity index (χ2n) is 5.53. The molecule has 1 heterocycles. The van der Waals surface area contributed by atoms with Crippen LogP contribution in [0.3, 0.4) is 0 Å². The number of hydrogen-bond acceptors (Lipinski definition) is 2. The molecule has 2 unspecified atom stereocenters. The van der Waals surface area contributed by atoms with Gasteiger partial charge in [-0.1, -0.05) is 31.5 Å². The van der Waals surface area contributed by atoms with Crippen LogP contribution >= 0.6 is 23.2 Å². The maximum Gasteiger partial charge on any atom is 0.128 e. The largest absolute Gasteiger partial charge is 0.380 e. The van der Waals surface area contributed by atoms with Crippen molar-refractivity contribution in [1.29, 1.82) is 0 Å². The topological polar surface area (TPSA) is 27.1 Å². The third kappa shape index (κ3) is 3.36. The molecule has 2 atom stereocenters. The molecular formula is C16H22Cl2N2O. The maximum atomic E-state index is 6.35. The summed E-state index contributed by atoms with van der Waals surface area (Å²) in [5, 5.41) is 0.472. The highest BCUT2D eigenvalue weighted by Gasteiger charge is 2.25. The minimum Gasteiger partial charge on any atom is -0.380 e. The zero-order valence-electron chi connectivity index (χ0n) is 12.9. The molecule has 1 aromatic heterocycles. The van der Waals surface area contributed by atoms with Crippen molar-refractivity contribution in [3.8, 4) is 0 Å². The van der Waals surface area contributed by atoms with E-state index in [9.17, 15) is 0 Å². The van der Waals surface area contributed by atoms with Crippen LogP contribution in [0, 0.1) is 5.92 Å². The van der Waals surface area contributed by atoms with E-state index in [1.54, 1.807) is 0 Å². The Hall–Kier alpha value is -0.770. The lowest BCUT2D eigenvalue weighted by atomic mass is 10.0. The van der Waals surface area contributed by atoms with Gasteiger partial charge in [-0.25, -0.2) is 4.98 Å². The molecular weight excluding hydrogens is 307 g/mol. The fraction of sp³-hybridized carbons (Fsp3) is 0.562. The van der Waals surface area contributed by atoms with Crippen molar-refractivity contribution in [1.82, 2.24) is 9.55 Å². The lowest BCUT2D eigenvalue weighted by Gasteiger charge is -2.25. The summed E-state index contributed by atoms with van der Waals surface area (Å²) in [4.78, 5) is 4.67. The number of aromatic nitrogens is 2. The van der Waals surface area contributed by atoms with E-state index in [4.69, 9.17) is 27.9 Å². The van der Waals surface area contributed by atoms with E-state index in [0.717, 1.165) is 16.9 Å². The van der Waals surface area contributed by atoms with Gasteiger partial charge in [0, 0.05) is 6.61 Å². The van der Waals surface area contributed by atoms with Gasteiger partial charge in [-0.3, -0.25) is 0 Å². The molecule has 0 aliphatic carbocycles. The molecule has 0 fully saturated rings. The molecule has 0 saturated carbocycles. The Morgan fingerprint density at radius 2 is 2.00 bits per heavy atom. The van der Waals surface area contributed by atoms with Crippen LogP contribution in [0.25, 0.3) is 11.0 Å². The van der Waals surface area contributed by atoms with E-state index in [-0.39, 0.29) is 11.4 Å². The lowest BCUT2D eigenvalue weighted by molar-refractivity contribution is 0.0968. The van der Waals surface area contributed by atoms with Gasteiger partial charge in [0.1, 0.15) is 11.3 Å². The predicted octanol–water partition coefficient (Wildman–Crippen LogP) is 5.22. The summed E-state index contributed by atoms with van der Waals surface area (Å²) in [6.07, 6.45) is 0. The van der Waals surface area contributed by atoms with Gasteiger partial charge in [-0.05, 0) is 31.9 Å². The molecule has 0 aliphatic rings. The van der Waals surface area contributed by atoms with Gasteiger partial charge in [0.25, 0.3) is 0 Å². The number of ether oxygens (including phenoxy) is 1. The van der Waals surface area contributed by atoms with Gasteiger partial charge >= 0.3 is 0 Å². The van der Waals surface area contributed by atoms with Crippen molar-refractivity contribution in [2.75, 3.05) is 13.2 Å². The Morgan fingerprint density at radius 3 is 2.57 bits per heavy atom. The third-order valence-electron chi connectivity index (χ3n) is 3.65. The van der Waals surface area contributed by atoms with Crippen molar-refractivity contribution in [3.63, 3.8) is 0 Å². The summed E-state index contributed by atoms with van der Waals surface area (Å²) in [6, 6.07) is 6.03. The van der Waals surface area contributed by atoms with Crippen LogP contribution in [0.1, 0.15) is 44.9 Å². The number of halogens is 2. The number of para-hydroxylation sites is 1. The summed E-state index contributed by atoms with van der Waals surface area (Å²) in [7, 11) is 0. The fourth-order valence-corrected chi connectivity index (χ4v) is 2.90. The molecule has 2 aromatic rings. The Bertz CT molecular complexity index is 608. The Kier molecular flexibility index (Phi) is 5.53. The molecule has 0 aliphatic heterocycles. The van der Waals surface area contributed by atoms with Crippen LogP contribution in [-0.4, -0.2) is 22.8 Å². The monoisotopic (exact) mass is 328 g/mol. The number of rotatable bonds is 6. The molecule has 0 amide bonds. The minimum absolute atomic E-state index is 0.184. The predicted molar refractivity (Wildman–Crippen MR) is 89.4 cm³/mol. The molecule has 0 N–H and O–H groups in total. The van der Waals surface area contributed by atoms with Crippen molar-refractivity contribution in [3.05, 3.63) is 29.0 Å². The van der Waals surface area contributed by atoms with Gasteiger partial charge in [0.15, 0.2) is 0 Å². The van der Waals surface area contributed by atoms with Crippen LogP contribution in [0.15, 0.2) is 18.2 Å². The second kappa shape index (κ2) is 6.99. The Balaban J connectivity index is 2.63. The van der Waals surface area contributed by atoms with Crippen molar-refractivity contribution in [2.24, 2.45) is 5.92 Å². The number of fused-ring (bicyclic) bond motifs is 1. The Morgan fingerprint density at radius 1 is 1.29 bits per heavy atom. The first-order valence-corrected chi connectivity index (χ1v) is 8.17. The van der Waals surface area contributed by atoms with Crippen LogP contribution < -0.4 is 0 Å². The van der Waals surface area contributed by atoms with Gasteiger partial charge in [-0.15, -0.1) is 11.6 Å². The smallest absolute Gasteiger partial charge is 0.128 e. The summed E-state index contributed by atoms with van der Waals surface area (Å²) in [5.41, 5.74) is 1.83. The van der Waals surface area contributed by atoms with Gasteiger partial charge in [0.2, 0.25) is 0 Å². The summed E-state index contributed by atoms with van der Waals surface area (Å²) < 4.78 is 7.86. The number of benzene rings is 1. The van der Waals surface area contributed by atoms with Crippen molar-refractivity contribution < 1.29 is 4.74 Å². The zero-order valence-corrected chi connectivity index (χ0v) is 14.4. The highest BCUT2D eigenvalue weighted by molar-refractivity contribution is 6.35. The van der Waals surface area contributed by atoms with Crippen LogP contribution in [0.4, 0.5) is 0 Å². The summed E-state index contributed by atoms with van der Waals surface area (Å²) in [6.45, 7) is 9.65. The molecule has 0 spiro atoms. The molecule has 21 heavy (non-hydrogen) atoms. The second-order valence-corrected chi connectivity index (χ2v) is 6.60. The number of hydrogen-bond donors (Lipinski definition) is 0. The van der Waals surface area contributed by atoms with Crippen molar-refractivity contribution >= 4 is 34.2 Å². The quantitative estimate of drug-likeness (QED) is 0.679.